The highest BCUT2D eigenvalue weighted by Gasteiger charge is 2.25. The molecule has 1 aromatic carbocycles. The quantitative estimate of drug-likeness (QED) is 0.721. The summed E-state index contributed by atoms with van der Waals surface area (Å²) in [7, 11) is 0. The number of hydrogen-bond acceptors (Lipinski definition) is 3. The van der Waals surface area contributed by atoms with Crippen molar-refractivity contribution in [3.8, 4) is 5.75 Å². The molecule has 4 heteroatoms. The SMILES string of the molecule is CCCCOc1ccc(CNC2CCC(C(=O)O)CC2)cc1. The Labute approximate surface area is 132 Å². The maximum absolute atomic E-state index is 10.9. The van der Waals surface area contributed by atoms with E-state index < -0.39 is 5.97 Å². The Balaban J connectivity index is 1.70. The van der Waals surface area contributed by atoms with Gasteiger partial charge in [-0.3, -0.25) is 4.79 Å². The first-order valence-electron chi connectivity index (χ1n) is 8.37. The number of rotatable bonds is 8. The number of nitrogens with one attached hydrogen (secondary N) is 1. The molecule has 0 aliphatic heterocycles. The van der Waals surface area contributed by atoms with E-state index in [0.717, 1.165) is 57.4 Å². The van der Waals surface area contributed by atoms with Crippen LogP contribution in [0.25, 0.3) is 0 Å². The minimum absolute atomic E-state index is 0.141. The number of carboxylic acid groups (broad SMARTS) is 1. The molecule has 0 amide bonds. The molecule has 0 heterocycles. The Morgan fingerprint density at radius 1 is 1.23 bits per heavy atom. The number of benzene rings is 1. The second-order valence-corrected chi connectivity index (χ2v) is 6.11. The molecule has 0 radical (unpaired) electrons. The molecule has 1 aromatic rings. The van der Waals surface area contributed by atoms with Crippen LogP contribution in [0.5, 0.6) is 5.75 Å². The van der Waals surface area contributed by atoms with Crippen LogP contribution in [-0.4, -0.2) is 23.7 Å². The Morgan fingerprint density at radius 2 is 1.91 bits per heavy atom. The van der Waals surface area contributed by atoms with E-state index in [1.165, 1.54) is 5.56 Å². The Morgan fingerprint density at radius 3 is 2.50 bits per heavy atom. The molecule has 0 aromatic heterocycles. The first kappa shape index (κ1) is 16.8. The maximum atomic E-state index is 10.9. The van der Waals surface area contributed by atoms with E-state index in [1.807, 2.05) is 12.1 Å². The molecule has 0 bridgehead atoms. The first-order valence-corrected chi connectivity index (χ1v) is 8.37. The van der Waals surface area contributed by atoms with Gasteiger partial charge in [0.15, 0.2) is 0 Å². The van der Waals surface area contributed by atoms with Crippen LogP contribution in [0.3, 0.4) is 0 Å². The predicted molar refractivity (Wildman–Crippen MR) is 87.1 cm³/mol. The smallest absolute Gasteiger partial charge is 0.306 e. The van der Waals surface area contributed by atoms with Crippen LogP contribution < -0.4 is 10.1 Å². The highest BCUT2D eigenvalue weighted by atomic mass is 16.5. The van der Waals surface area contributed by atoms with Gasteiger partial charge in [-0.05, 0) is 49.8 Å². The monoisotopic (exact) mass is 305 g/mol. The van der Waals surface area contributed by atoms with Crippen molar-refractivity contribution < 1.29 is 14.6 Å². The summed E-state index contributed by atoms with van der Waals surface area (Å²) >= 11 is 0. The minimum atomic E-state index is -0.642. The molecule has 1 fully saturated rings. The lowest BCUT2D eigenvalue weighted by atomic mass is 9.86. The van der Waals surface area contributed by atoms with Gasteiger partial charge in [-0.1, -0.05) is 25.5 Å². The van der Waals surface area contributed by atoms with Crippen LogP contribution >= 0.6 is 0 Å². The van der Waals surface area contributed by atoms with Gasteiger partial charge in [0, 0.05) is 12.6 Å². The van der Waals surface area contributed by atoms with Gasteiger partial charge >= 0.3 is 5.97 Å². The molecule has 22 heavy (non-hydrogen) atoms. The van der Waals surface area contributed by atoms with Crippen molar-refractivity contribution in [2.45, 2.75) is 58.0 Å². The van der Waals surface area contributed by atoms with Crippen molar-refractivity contribution >= 4 is 5.97 Å². The highest BCUT2D eigenvalue weighted by molar-refractivity contribution is 5.70. The molecular formula is C18H27NO3. The third-order valence-electron chi connectivity index (χ3n) is 4.36. The van der Waals surface area contributed by atoms with E-state index in [2.05, 4.69) is 24.4 Å². The van der Waals surface area contributed by atoms with E-state index in [9.17, 15) is 4.79 Å². The van der Waals surface area contributed by atoms with Crippen molar-refractivity contribution in [2.24, 2.45) is 5.92 Å². The number of aliphatic carboxylic acids is 1. The zero-order valence-electron chi connectivity index (χ0n) is 13.4. The molecule has 0 saturated heterocycles. The van der Waals surface area contributed by atoms with E-state index in [-0.39, 0.29) is 5.92 Å². The van der Waals surface area contributed by atoms with Crippen LogP contribution in [-0.2, 0) is 11.3 Å². The predicted octanol–water partition coefficient (Wildman–Crippen LogP) is 3.60. The summed E-state index contributed by atoms with van der Waals surface area (Å²) in [5.41, 5.74) is 1.24. The fraction of sp³-hybridized carbons (Fsp3) is 0.611. The van der Waals surface area contributed by atoms with Crippen molar-refractivity contribution in [1.82, 2.24) is 5.32 Å². The molecule has 2 rings (SSSR count). The maximum Gasteiger partial charge on any atom is 0.306 e. The molecule has 1 saturated carbocycles. The zero-order valence-corrected chi connectivity index (χ0v) is 13.4. The van der Waals surface area contributed by atoms with Crippen molar-refractivity contribution in [3.05, 3.63) is 29.8 Å². The summed E-state index contributed by atoms with van der Waals surface area (Å²) < 4.78 is 5.65. The summed E-state index contributed by atoms with van der Waals surface area (Å²) in [6, 6.07) is 8.67. The molecule has 1 aliphatic carbocycles. The number of carbonyl (C=O) groups is 1. The lowest BCUT2D eigenvalue weighted by Gasteiger charge is -2.27. The molecule has 4 nitrogen and oxygen atoms in total. The summed E-state index contributed by atoms with van der Waals surface area (Å²) in [4.78, 5) is 10.9. The molecule has 0 atom stereocenters. The fourth-order valence-corrected chi connectivity index (χ4v) is 2.84. The van der Waals surface area contributed by atoms with Crippen LogP contribution in [0.15, 0.2) is 24.3 Å². The van der Waals surface area contributed by atoms with E-state index in [0.29, 0.717) is 6.04 Å². The molecule has 122 valence electrons. The molecule has 1 aliphatic rings. The van der Waals surface area contributed by atoms with E-state index in [4.69, 9.17) is 9.84 Å². The topological polar surface area (TPSA) is 58.6 Å². The second-order valence-electron chi connectivity index (χ2n) is 6.11. The second kappa shape index (κ2) is 8.79. The van der Waals surface area contributed by atoms with Crippen LogP contribution in [0.2, 0.25) is 0 Å². The van der Waals surface area contributed by atoms with Gasteiger partial charge < -0.3 is 15.2 Å². The molecular weight excluding hydrogens is 278 g/mol. The lowest BCUT2D eigenvalue weighted by molar-refractivity contribution is -0.142. The first-order chi connectivity index (χ1) is 10.7. The highest BCUT2D eigenvalue weighted by Crippen LogP contribution is 2.24. The van der Waals surface area contributed by atoms with E-state index in [1.54, 1.807) is 0 Å². The van der Waals surface area contributed by atoms with Gasteiger partial charge in [-0.15, -0.1) is 0 Å². The van der Waals surface area contributed by atoms with Gasteiger partial charge in [0.25, 0.3) is 0 Å². The molecule has 0 spiro atoms. The van der Waals surface area contributed by atoms with Crippen molar-refractivity contribution in [1.29, 1.82) is 0 Å². The average Bonchev–Trinajstić information content (AvgIpc) is 2.55. The zero-order chi connectivity index (χ0) is 15.8. The number of unbranched alkanes of at least 4 members (excludes halogenated alkanes) is 1. The largest absolute Gasteiger partial charge is 0.494 e. The van der Waals surface area contributed by atoms with Gasteiger partial charge in [0.2, 0.25) is 0 Å². The Bertz CT molecular complexity index is 450. The van der Waals surface area contributed by atoms with Gasteiger partial charge in [0.1, 0.15) is 5.75 Å². The average molecular weight is 305 g/mol. The standard InChI is InChI=1S/C18H27NO3/c1-2-3-12-22-17-10-4-14(5-11-17)13-19-16-8-6-15(7-9-16)18(20)21/h4-5,10-11,15-16,19H,2-3,6-9,12-13H2,1H3,(H,20,21). The third kappa shape index (κ3) is 5.34. The minimum Gasteiger partial charge on any atom is -0.494 e. The fourth-order valence-electron chi connectivity index (χ4n) is 2.84. The van der Waals surface area contributed by atoms with Gasteiger partial charge in [-0.25, -0.2) is 0 Å². The summed E-state index contributed by atoms with van der Waals surface area (Å²) in [6.45, 7) is 3.76. The molecule has 2 N–H and O–H groups in total. The van der Waals surface area contributed by atoms with Crippen molar-refractivity contribution in [3.63, 3.8) is 0 Å². The normalized spacial score (nSPS) is 21.5. The van der Waals surface area contributed by atoms with Crippen molar-refractivity contribution in [2.75, 3.05) is 6.61 Å². The summed E-state index contributed by atoms with van der Waals surface area (Å²) in [5.74, 6) is 0.147. The molecule has 0 unspecified atom stereocenters. The van der Waals surface area contributed by atoms with E-state index >= 15 is 0 Å². The van der Waals surface area contributed by atoms with Gasteiger partial charge in [-0.2, -0.15) is 0 Å². The Hall–Kier alpha value is -1.55. The number of ether oxygens (including phenoxy) is 1. The third-order valence-corrected chi connectivity index (χ3v) is 4.36. The number of carboxylic acids is 1. The Kier molecular flexibility index (Phi) is 6.72. The van der Waals surface area contributed by atoms with Crippen LogP contribution in [0.1, 0.15) is 51.0 Å². The lowest BCUT2D eigenvalue weighted by Crippen LogP contribution is -2.34. The summed E-state index contributed by atoms with van der Waals surface area (Å²) in [5, 5.41) is 12.5. The number of hydrogen-bond donors (Lipinski definition) is 2. The van der Waals surface area contributed by atoms with Gasteiger partial charge in [0.05, 0.1) is 12.5 Å². The van der Waals surface area contributed by atoms with Crippen LogP contribution in [0.4, 0.5) is 0 Å². The summed E-state index contributed by atoms with van der Waals surface area (Å²) in [6.07, 6.45) is 5.72. The van der Waals surface area contributed by atoms with Crippen LogP contribution in [0, 0.1) is 5.92 Å².